The number of nitrogens with zero attached hydrogens (tertiary/aromatic N) is 1. The first-order valence-electron chi connectivity index (χ1n) is 11.7. The molecule has 1 fully saturated rings. The van der Waals surface area contributed by atoms with Gasteiger partial charge in [0.05, 0.1) is 10.6 Å². The van der Waals surface area contributed by atoms with Crippen molar-refractivity contribution in [1.82, 2.24) is 5.32 Å². The highest BCUT2D eigenvalue weighted by Crippen LogP contribution is 2.37. The van der Waals surface area contributed by atoms with Gasteiger partial charge < -0.3 is 10.6 Å². The van der Waals surface area contributed by atoms with Crippen LogP contribution in [0.4, 0.5) is 28.9 Å². The number of rotatable bonds is 9. The van der Waals surface area contributed by atoms with Gasteiger partial charge >= 0.3 is 6.18 Å². The fraction of sp³-hybridized carbons (Fsp3) is 0.400. The number of alkyl halides is 3. The molecule has 2 aromatic rings. The molecular weight excluding hydrogens is 550 g/mol. The second-order valence-electron chi connectivity index (χ2n) is 8.88. The highest BCUT2D eigenvalue weighted by molar-refractivity contribution is 7.86. The third-order valence-corrected chi connectivity index (χ3v) is 7.46. The molecule has 0 aromatic heterocycles. The molecular formula is C25H26ClF4N3O4S. The first-order valence-corrected chi connectivity index (χ1v) is 13.6. The zero-order chi connectivity index (χ0) is 28.0. The molecule has 38 heavy (non-hydrogen) atoms. The Bertz CT molecular complexity index is 1200. The lowest BCUT2D eigenvalue weighted by molar-refractivity contribution is -0.137. The number of hydrogen-bond acceptors (Lipinski definition) is 4. The molecule has 1 saturated carbocycles. The van der Waals surface area contributed by atoms with Crippen molar-refractivity contribution < 1.29 is 36.2 Å². The largest absolute Gasteiger partial charge is 0.417 e. The first-order chi connectivity index (χ1) is 17.8. The lowest BCUT2D eigenvalue weighted by Gasteiger charge is -2.30. The predicted molar refractivity (Wildman–Crippen MR) is 137 cm³/mol. The Morgan fingerprint density at radius 2 is 1.71 bits per heavy atom. The summed E-state index contributed by atoms with van der Waals surface area (Å²) in [5.74, 6) is -4.06. The molecule has 2 N–H and O–H groups in total. The van der Waals surface area contributed by atoms with E-state index in [1.807, 2.05) is 0 Å². The van der Waals surface area contributed by atoms with E-state index in [0.717, 1.165) is 48.8 Å². The van der Waals surface area contributed by atoms with E-state index in [0.29, 0.717) is 6.07 Å². The van der Waals surface area contributed by atoms with Gasteiger partial charge in [-0.05, 0) is 62.2 Å². The summed E-state index contributed by atoms with van der Waals surface area (Å²) in [6.45, 7) is 1.36. The predicted octanol–water partition coefficient (Wildman–Crippen LogP) is 4.67. The molecule has 13 heteroatoms. The summed E-state index contributed by atoms with van der Waals surface area (Å²) >= 11 is 5.72. The smallest absolute Gasteiger partial charge is 0.352 e. The van der Waals surface area contributed by atoms with E-state index in [-0.39, 0.29) is 17.4 Å². The molecule has 2 atom stereocenters. The van der Waals surface area contributed by atoms with E-state index < -0.39 is 68.6 Å². The molecule has 0 spiro atoms. The maximum Gasteiger partial charge on any atom is 0.417 e. The summed E-state index contributed by atoms with van der Waals surface area (Å²) in [7, 11) is -2.07. The lowest BCUT2D eigenvalue weighted by Crippen LogP contribution is -2.51. The van der Waals surface area contributed by atoms with E-state index in [1.165, 1.54) is 25.1 Å². The van der Waals surface area contributed by atoms with E-state index in [4.69, 9.17) is 11.6 Å². The van der Waals surface area contributed by atoms with Crippen LogP contribution in [0.2, 0.25) is 5.02 Å². The third kappa shape index (κ3) is 8.00. The van der Waals surface area contributed by atoms with Crippen LogP contribution in [0.25, 0.3) is 0 Å². The maximum atomic E-state index is 13.5. The van der Waals surface area contributed by atoms with Gasteiger partial charge in [-0.15, -0.1) is 0 Å². The Balaban J connectivity index is 1.79. The van der Waals surface area contributed by atoms with Gasteiger partial charge in [0.25, 0.3) is 0 Å². The van der Waals surface area contributed by atoms with Crippen LogP contribution in [-0.2, 0) is 31.4 Å². The van der Waals surface area contributed by atoms with Crippen molar-refractivity contribution in [2.45, 2.75) is 50.9 Å². The van der Waals surface area contributed by atoms with E-state index in [2.05, 4.69) is 10.6 Å². The standard InChI is InChI=1S/C25H26ClF4N3O4S/c1-15(24(36)32-17-4-2-3-5-17)33(19-10-11-21(26)20(12-19)25(28,29)30)23(35)14-38(37)13-22(34)31-18-8-6-16(27)7-9-18/h6-12,15,17H,2-5,13-14H2,1H3,(H,31,34)(H,32,36)/t15-,38+/m0/s1. The van der Waals surface area contributed by atoms with Crippen LogP contribution in [-0.4, -0.2) is 45.5 Å². The SMILES string of the molecule is C[C@@H](C(=O)NC1CCCC1)N(C(=O)C[S@](=O)CC(=O)Nc1ccc(F)cc1)c1ccc(Cl)c(C(F)(F)F)c1. The molecule has 3 rings (SSSR count). The Kier molecular flexibility index (Phi) is 9.88. The van der Waals surface area contributed by atoms with Gasteiger partial charge in [0, 0.05) is 28.2 Å². The van der Waals surface area contributed by atoms with Crippen molar-refractivity contribution >= 4 is 51.5 Å². The van der Waals surface area contributed by atoms with Crippen LogP contribution >= 0.6 is 11.6 Å². The quantitative estimate of drug-likeness (QED) is 0.425. The fourth-order valence-electron chi connectivity index (χ4n) is 4.11. The van der Waals surface area contributed by atoms with Gasteiger partial charge in [-0.25, -0.2) is 4.39 Å². The average molecular weight is 576 g/mol. The monoisotopic (exact) mass is 575 g/mol. The number of anilines is 2. The number of carbonyl (C=O) groups is 3. The molecule has 206 valence electrons. The number of benzene rings is 2. The van der Waals surface area contributed by atoms with Crippen LogP contribution in [0.3, 0.4) is 0 Å². The topological polar surface area (TPSA) is 95.6 Å². The number of amides is 3. The summed E-state index contributed by atoms with van der Waals surface area (Å²) in [6.07, 6.45) is -1.48. The first kappa shape index (κ1) is 29.6. The van der Waals surface area contributed by atoms with Crippen molar-refractivity contribution in [3.05, 3.63) is 58.9 Å². The van der Waals surface area contributed by atoms with Crippen LogP contribution < -0.4 is 15.5 Å². The van der Waals surface area contributed by atoms with Crippen molar-refractivity contribution in [3.63, 3.8) is 0 Å². The molecule has 1 aliphatic carbocycles. The highest BCUT2D eigenvalue weighted by Gasteiger charge is 2.36. The molecule has 0 radical (unpaired) electrons. The molecule has 3 amide bonds. The van der Waals surface area contributed by atoms with Gasteiger partial charge in [-0.3, -0.25) is 23.5 Å². The molecule has 0 aliphatic heterocycles. The summed E-state index contributed by atoms with van der Waals surface area (Å²) in [5.41, 5.74) is -1.20. The van der Waals surface area contributed by atoms with Crippen LogP contribution in [0.15, 0.2) is 42.5 Å². The molecule has 0 saturated heterocycles. The lowest BCUT2D eigenvalue weighted by atomic mass is 10.1. The molecule has 7 nitrogen and oxygen atoms in total. The zero-order valence-electron chi connectivity index (χ0n) is 20.3. The van der Waals surface area contributed by atoms with Gasteiger partial charge in [0.1, 0.15) is 23.4 Å². The molecule has 2 aromatic carbocycles. The normalized spacial score (nSPS) is 15.5. The Morgan fingerprint density at radius 1 is 1.08 bits per heavy atom. The minimum Gasteiger partial charge on any atom is -0.352 e. The summed E-state index contributed by atoms with van der Waals surface area (Å²) in [4.78, 5) is 39.2. The van der Waals surface area contributed by atoms with Crippen LogP contribution in [0, 0.1) is 5.82 Å². The molecule has 0 bridgehead atoms. The number of halogens is 5. The van der Waals surface area contributed by atoms with Gasteiger partial charge in [0.15, 0.2) is 0 Å². The van der Waals surface area contributed by atoms with Crippen molar-refractivity contribution in [2.24, 2.45) is 0 Å². The Hall–Kier alpha value is -2.99. The number of nitrogens with one attached hydrogen (secondary N) is 2. The minimum atomic E-state index is -4.82. The molecule has 1 aliphatic rings. The average Bonchev–Trinajstić information content (AvgIpc) is 3.33. The van der Waals surface area contributed by atoms with Crippen LogP contribution in [0.5, 0.6) is 0 Å². The maximum absolute atomic E-state index is 13.5. The van der Waals surface area contributed by atoms with Gasteiger partial charge in [-0.1, -0.05) is 24.4 Å². The Labute approximate surface area is 224 Å². The summed E-state index contributed by atoms with van der Waals surface area (Å²) in [5, 5.41) is 4.64. The number of carbonyl (C=O) groups excluding carboxylic acids is 3. The molecule has 0 heterocycles. The van der Waals surface area contributed by atoms with Crippen molar-refractivity contribution in [2.75, 3.05) is 21.7 Å². The third-order valence-electron chi connectivity index (χ3n) is 5.98. The highest BCUT2D eigenvalue weighted by atomic mass is 35.5. The minimum absolute atomic E-state index is 0.109. The van der Waals surface area contributed by atoms with Gasteiger partial charge in [-0.2, -0.15) is 13.2 Å². The van der Waals surface area contributed by atoms with E-state index in [1.54, 1.807) is 0 Å². The zero-order valence-corrected chi connectivity index (χ0v) is 21.9. The van der Waals surface area contributed by atoms with Crippen LogP contribution in [0.1, 0.15) is 38.2 Å². The number of hydrogen-bond donors (Lipinski definition) is 2. The van der Waals surface area contributed by atoms with Gasteiger partial charge in [0.2, 0.25) is 17.7 Å². The Morgan fingerprint density at radius 3 is 2.32 bits per heavy atom. The van der Waals surface area contributed by atoms with E-state index >= 15 is 0 Å². The van der Waals surface area contributed by atoms with Crippen molar-refractivity contribution in [3.8, 4) is 0 Å². The second kappa shape index (κ2) is 12.7. The summed E-state index contributed by atoms with van der Waals surface area (Å²) < 4.78 is 66.2. The fourth-order valence-corrected chi connectivity index (χ4v) is 5.21. The second-order valence-corrected chi connectivity index (χ2v) is 10.7. The van der Waals surface area contributed by atoms with Crippen molar-refractivity contribution in [1.29, 1.82) is 0 Å². The molecule has 0 unspecified atom stereocenters. The summed E-state index contributed by atoms with van der Waals surface area (Å²) in [6, 6.07) is 6.27. The van der Waals surface area contributed by atoms with E-state index in [9.17, 15) is 36.2 Å².